The molecule has 0 fully saturated rings. The fourth-order valence-corrected chi connectivity index (χ4v) is 1.97. The van der Waals surface area contributed by atoms with Crippen molar-refractivity contribution in [3.8, 4) is 11.8 Å². The van der Waals surface area contributed by atoms with Gasteiger partial charge in [-0.15, -0.1) is 0 Å². The van der Waals surface area contributed by atoms with Crippen LogP contribution in [0.3, 0.4) is 0 Å². The molecule has 0 atom stereocenters. The van der Waals surface area contributed by atoms with Crippen molar-refractivity contribution in [1.82, 2.24) is 4.90 Å². The SMILES string of the molecule is CC(C)CN(C(=O)c1ccc(C#CCO)c(F)c1)C(C)C. The van der Waals surface area contributed by atoms with Crippen molar-refractivity contribution < 1.29 is 14.3 Å². The second-order valence-electron chi connectivity index (χ2n) is 5.60. The molecule has 1 amide bonds. The molecule has 0 spiro atoms. The minimum absolute atomic E-state index is 0.0526. The van der Waals surface area contributed by atoms with Crippen molar-refractivity contribution in [3.63, 3.8) is 0 Å². The molecule has 0 saturated carbocycles. The maximum atomic E-state index is 13.9. The highest BCUT2D eigenvalue weighted by molar-refractivity contribution is 5.94. The van der Waals surface area contributed by atoms with Crippen LogP contribution in [0, 0.1) is 23.6 Å². The van der Waals surface area contributed by atoms with Gasteiger partial charge >= 0.3 is 0 Å². The summed E-state index contributed by atoms with van der Waals surface area (Å²) in [5.41, 5.74) is 0.497. The highest BCUT2D eigenvalue weighted by atomic mass is 19.1. The zero-order valence-corrected chi connectivity index (χ0v) is 13.0. The molecule has 0 unspecified atom stereocenters. The first-order chi connectivity index (χ1) is 9.86. The van der Waals surface area contributed by atoms with E-state index in [0.717, 1.165) is 0 Å². The van der Waals surface area contributed by atoms with Crippen LogP contribution in [0.25, 0.3) is 0 Å². The topological polar surface area (TPSA) is 40.5 Å². The molecule has 1 aromatic rings. The van der Waals surface area contributed by atoms with Crippen LogP contribution in [0.1, 0.15) is 43.6 Å². The maximum absolute atomic E-state index is 13.9. The lowest BCUT2D eigenvalue weighted by atomic mass is 10.1. The van der Waals surface area contributed by atoms with Gasteiger partial charge in [-0.1, -0.05) is 25.7 Å². The lowest BCUT2D eigenvalue weighted by Gasteiger charge is -2.28. The summed E-state index contributed by atoms with van der Waals surface area (Å²) in [4.78, 5) is 14.2. The van der Waals surface area contributed by atoms with Gasteiger partial charge in [-0.05, 0) is 38.0 Å². The van der Waals surface area contributed by atoms with E-state index in [2.05, 4.69) is 11.8 Å². The van der Waals surface area contributed by atoms with E-state index in [0.29, 0.717) is 18.0 Å². The highest BCUT2D eigenvalue weighted by Gasteiger charge is 2.20. The van der Waals surface area contributed by atoms with Gasteiger partial charge in [0.1, 0.15) is 12.4 Å². The maximum Gasteiger partial charge on any atom is 0.254 e. The molecular weight excluding hydrogens is 269 g/mol. The van der Waals surface area contributed by atoms with E-state index in [-0.39, 0.29) is 24.1 Å². The van der Waals surface area contributed by atoms with Gasteiger partial charge in [0.25, 0.3) is 5.91 Å². The summed E-state index contributed by atoms with van der Waals surface area (Å²) in [7, 11) is 0. The third-order valence-electron chi connectivity index (χ3n) is 2.96. The molecular formula is C17H22FNO2. The van der Waals surface area contributed by atoms with Gasteiger partial charge in [0.2, 0.25) is 0 Å². The van der Waals surface area contributed by atoms with E-state index in [1.54, 1.807) is 11.0 Å². The number of aliphatic hydroxyl groups is 1. The number of benzene rings is 1. The summed E-state index contributed by atoms with van der Waals surface area (Å²) in [6.07, 6.45) is 0. The number of carbonyl (C=O) groups is 1. The Morgan fingerprint density at radius 1 is 1.33 bits per heavy atom. The Hall–Kier alpha value is -1.86. The Balaban J connectivity index is 3.03. The third-order valence-corrected chi connectivity index (χ3v) is 2.96. The standard InChI is InChI=1S/C17H22FNO2/c1-12(2)11-19(13(3)4)17(21)15-8-7-14(6-5-9-20)16(18)10-15/h7-8,10,12-13,20H,9,11H2,1-4H3. The summed E-state index contributed by atoms with van der Waals surface area (Å²) in [5, 5.41) is 8.62. The van der Waals surface area contributed by atoms with Crippen molar-refractivity contribution in [2.75, 3.05) is 13.2 Å². The first kappa shape index (κ1) is 17.2. The number of aliphatic hydroxyl groups excluding tert-OH is 1. The molecule has 114 valence electrons. The number of nitrogens with zero attached hydrogens (tertiary/aromatic N) is 1. The van der Waals surface area contributed by atoms with Crippen LogP contribution in [0.15, 0.2) is 18.2 Å². The first-order valence-electron chi connectivity index (χ1n) is 7.07. The number of rotatable bonds is 4. The lowest BCUT2D eigenvalue weighted by molar-refractivity contribution is 0.0681. The Labute approximate surface area is 125 Å². The van der Waals surface area contributed by atoms with Crippen LogP contribution >= 0.6 is 0 Å². The van der Waals surface area contributed by atoms with Gasteiger partial charge in [0.15, 0.2) is 0 Å². The van der Waals surface area contributed by atoms with Crippen LogP contribution in [0.4, 0.5) is 4.39 Å². The quantitative estimate of drug-likeness (QED) is 0.866. The predicted octanol–water partition coefficient (Wildman–Crippen LogP) is 2.68. The molecule has 0 heterocycles. The second-order valence-corrected chi connectivity index (χ2v) is 5.60. The number of halogens is 1. The van der Waals surface area contributed by atoms with Crippen LogP contribution in [0.2, 0.25) is 0 Å². The average Bonchev–Trinajstić information content (AvgIpc) is 2.42. The molecule has 3 nitrogen and oxygen atoms in total. The van der Waals surface area contributed by atoms with E-state index >= 15 is 0 Å². The zero-order chi connectivity index (χ0) is 16.0. The minimum atomic E-state index is -0.546. The molecule has 0 aromatic heterocycles. The molecule has 21 heavy (non-hydrogen) atoms. The van der Waals surface area contributed by atoms with Crippen molar-refractivity contribution in [3.05, 3.63) is 35.1 Å². The van der Waals surface area contributed by atoms with Crippen molar-refractivity contribution in [1.29, 1.82) is 0 Å². The Morgan fingerprint density at radius 3 is 2.48 bits per heavy atom. The molecule has 1 rings (SSSR count). The summed E-state index contributed by atoms with van der Waals surface area (Å²) < 4.78 is 13.9. The summed E-state index contributed by atoms with van der Waals surface area (Å²) in [6.45, 7) is 8.27. The van der Waals surface area contributed by atoms with Gasteiger partial charge in [-0.25, -0.2) is 4.39 Å². The molecule has 1 N–H and O–H groups in total. The fourth-order valence-electron chi connectivity index (χ4n) is 1.97. The van der Waals surface area contributed by atoms with E-state index < -0.39 is 5.82 Å². The molecule has 0 aliphatic carbocycles. The van der Waals surface area contributed by atoms with E-state index in [9.17, 15) is 9.18 Å². The molecule has 0 saturated heterocycles. The molecule has 4 heteroatoms. The van der Waals surface area contributed by atoms with E-state index in [1.807, 2.05) is 27.7 Å². The molecule has 0 aliphatic rings. The lowest BCUT2D eigenvalue weighted by Crippen LogP contribution is -2.39. The normalized spacial score (nSPS) is 10.5. The zero-order valence-electron chi connectivity index (χ0n) is 13.0. The summed E-state index contributed by atoms with van der Waals surface area (Å²) >= 11 is 0. The van der Waals surface area contributed by atoms with Crippen molar-refractivity contribution in [2.45, 2.75) is 33.7 Å². The molecule has 1 aromatic carbocycles. The Bertz CT molecular complexity index is 556. The van der Waals surface area contributed by atoms with E-state index in [1.165, 1.54) is 12.1 Å². The monoisotopic (exact) mass is 291 g/mol. The molecule has 0 radical (unpaired) electrons. The van der Waals surface area contributed by atoms with Crippen LogP contribution in [0.5, 0.6) is 0 Å². The highest BCUT2D eigenvalue weighted by Crippen LogP contribution is 2.15. The average molecular weight is 291 g/mol. The van der Waals surface area contributed by atoms with Gasteiger partial charge in [-0.2, -0.15) is 0 Å². The van der Waals surface area contributed by atoms with Crippen LogP contribution < -0.4 is 0 Å². The van der Waals surface area contributed by atoms with Crippen LogP contribution in [-0.2, 0) is 0 Å². The first-order valence-corrected chi connectivity index (χ1v) is 7.07. The number of hydrogen-bond acceptors (Lipinski definition) is 2. The number of amides is 1. The Morgan fingerprint density at radius 2 is 2.00 bits per heavy atom. The number of carbonyl (C=O) groups excluding carboxylic acids is 1. The molecule has 0 bridgehead atoms. The summed E-state index contributed by atoms with van der Waals surface area (Å²) in [6, 6.07) is 4.30. The third kappa shape index (κ3) is 4.87. The number of hydrogen-bond donors (Lipinski definition) is 1. The summed E-state index contributed by atoms with van der Waals surface area (Å²) in [5.74, 6) is 4.52. The van der Waals surface area contributed by atoms with Gasteiger partial charge in [0.05, 0.1) is 5.56 Å². The van der Waals surface area contributed by atoms with Gasteiger partial charge in [0, 0.05) is 18.2 Å². The van der Waals surface area contributed by atoms with Crippen molar-refractivity contribution >= 4 is 5.91 Å². The Kier molecular flexibility index (Phi) is 6.39. The predicted molar refractivity (Wildman–Crippen MR) is 81.4 cm³/mol. The van der Waals surface area contributed by atoms with Crippen molar-refractivity contribution in [2.24, 2.45) is 5.92 Å². The smallest absolute Gasteiger partial charge is 0.254 e. The van der Waals surface area contributed by atoms with E-state index in [4.69, 9.17) is 5.11 Å². The second kappa shape index (κ2) is 7.80. The van der Waals surface area contributed by atoms with Crippen LogP contribution in [-0.4, -0.2) is 35.1 Å². The largest absolute Gasteiger partial charge is 0.384 e. The van der Waals surface area contributed by atoms with Gasteiger partial charge < -0.3 is 10.0 Å². The minimum Gasteiger partial charge on any atom is -0.384 e. The van der Waals surface area contributed by atoms with Gasteiger partial charge in [-0.3, -0.25) is 4.79 Å². The fraction of sp³-hybridized carbons (Fsp3) is 0.471. The molecule has 0 aliphatic heterocycles.